The van der Waals surface area contributed by atoms with E-state index in [9.17, 15) is 18.4 Å². The number of amides is 1. The maximum absolute atomic E-state index is 13.6. The zero-order chi connectivity index (χ0) is 20.0. The van der Waals surface area contributed by atoms with Gasteiger partial charge in [-0.3, -0.25) is 4.79 Å². The molecule has 0 heterocycles. The topological polar surface area (TPSA) is 64.6 Å². The summed E-state index contributed by atoms with van der Waals surface area (Å²) in [6.45, 7) is 2.99. The molecule has 2 rings (SSSR count). The summed E-state index contributed by atoms with van der Waals surface area (Å²) in [6.07, 6.45) is 1.33. The van der Waals surface area contributed by atoms with E-state index in [-0.39, 0.29) is 11.4 Å². The molecule has 1 amide bonds. The highest BCUT2D eigenvalue weighted by Gasteiger charge is 2.17. The van der Waals surface area contributed by atoms with Crippen molar-refractivity contribution in [1.82, 2.24) is 0 Å². The Bertz CT molecular complexity index is 880. The summed E-state index contributed by atoms with van der Waals surface area (Å²) in [5.74, 6) is -2.30. The van der Waals surface area contributed by atoms with E-state index in [4.69, 9.17) is 9.47 Å². The van der Waals surface area contributed by atoms with Crippen LogP contribution in [-0.4, -0.2) is 25.1 Å². The van der Waals surface area contributed by atoms with E-state index < -0.39 is 29.6 Å². The van der Waals surface area contributed by atoms with Crippen LogP contribution >= 0.6 is 0 Å². The van der Waals surface area contributed by atoms with Crippen LogP contribution in [0.3, 0.4) is 0 Å². The zero-order valence-corrected chi connectivity index (χ0v) is 15.1. The minimum Gasteiger partial charge on any atom is -0.494 e. The van der Waals surface area contributed by atoms with Crippen molar-refractivity contribution in [3.05, 3.63) is 65.2 Å². The molecular weight excluding hydrogens is 356 g/mol. The summed E-state index contributed by atoms with van der Waals surface area (Å²) in [5, 5.41) is 2.47. The van der Waals surface area contributed by atoms with E-state index in [0.29, 0.717) is 11.1 Å². The van der Waals surface area contributed by atoms with Gasteiger partial charge in [0.1, 0.15) is 5.82 Å². The molecule has 0 saturated carbocycles. The molecule has 0 radical (unpaired) electrons. The van der Waals surface area contributed by atoms with Gasteiger partial charge in [-0.15, -0.1) is 0 Å². The van der Waals surface area contributed by atoms with Crippen LogP contribution in [0.25, 0.3) is 6.08 Å². The van der Waals surface area contributed by atoms with Gasteiger partial charge >= 0.3 is 5.97 Å². The minimum absolute atomic E-state index is 0.0903. The summed E-state index contributed by atoms with van der Waals surface area (Å²) in [4.78, 5) is 23.9. The molecule has 0 aliphatic heterocycles. The lowest BCUT2D eigenvalue weighted by Crippen LogP contribution is -2.29. The molecule has 0 aromatic heterocycles. The Hall–Kier alpha value is -3.22. The molecule has 142 valence electrons. The van der Waals surface area contributed by atoms with E-state index in [0.717, 1.165) is 6.08 Å². The Balaban J connectivity index is 1.92. The fourth-order valence-corrected chi connectivity index (χ4v) is 2.13. The van der Waals surface area contributed by atoms with Crippen LogP contribution in [0.15, 0.2) is 42.5 Å². The highest BCUT2D eigenvalue weighted by atomic mass is 19.1. The molecule has 0 aliphatic rings. The molecule has 1 atom stereocenters. The van der Waals surface area contributed by atoms with Crippen molar-refractivity contribution < 1.29 is 27.8 Å². The van der Waals surface area contributed by atoms with Crippen LogP contribution in [0.4, 0.5) is 14.5 Å². The van der Waals surface area contributed by atoms with Gasteiger partial charge in [0.05, 0.1) is 7.11 Å². The quantitative estimate of drug-likeness (QED) is 0.615. The standard InChI is InChI=1S/C20H19F2NO4/c1-12-4-7-15(11-16(12)21)23-20(25)13(2)27-19(24)9-6-14-5-8-18(26-3)17(22)10-14/h4-11,13H,1-3H3,(H,23,25)/b9-6+/t13-/m0/s1. The predicted molar refractivity (Wildman–Crippen MR) is 97.3 cm³/mol. The number of ether oxygens (including phenoxy) is 2. The Labute approximate surface area is 155 Å². The maximum atomic E-state index is 13.6. The second-order valence-electron chi connectivity index (χ2n) is 5.76. The van der Waals surface area contributed by atoms with Crippen LogP contribution in [0.5, 0.6) is 5.75 Å². The number of carbonyl (C=O) groups is 2. The third-order valence-corrected chi connectivity index (χ3v) is 3.69. The lowest BCUT2D eigenvalue weighted by atomic mass is 10.2. The molecule has 0 fully saturated rings. The number of hydrogen-bond donors (Lipinski definition) is 1. The lowest BCUT2D eigenvalue weighted by molar-refractivity contribution is -0.148. The molecule has 0 saturated heterocycles. The highest BCUT2D eigenvalue weighted by Crippen LogP contribution is 2.18. The monoisotopic (exact) mass is 375 g/mol. The summed E-state index contributed by atoms with van der Waals surface area (Å²) < 4.78 is 36.9. The van der Waals surface area contributed by atoms with E-state index in [2.05, 4.69) is 5.32 Å². The van der Waals surface area contributed by atoms with Crippen molar-refractivity contribution >= 4 is 23.6 Å². The first kappa shape index (κ1) is 20.1. The van der Waals surface area contributed by atoms with E-state index in [1.54, 1.807) is 19.1 Å². The Morgan fingerprint density at radius 3 is 2.48 bits per heavy atom. The summed E-state index contributed by atoms with van der Waals surface area (Å²) >= 11 is 0. The number of carbonyl (C=O) groups excluding carboxylic acids is 2. The highest BCUT2D eigenvalue weighted by molar-refractivity contribution is 5.96. The average molecular weight is 375 g/mol. The smallest absolute Gasteiger partial charge is 0.331 e. The van der Waals surface area contributed by atoms with Crippen molar-refractivity contribution in [2.75, 3.05) is 12.4 Å². The van der Waals surface area contributed by atoms with E-state index >= 15 is 0 Å². The van der Waals surface area contributed by atoms with Gasteiger partial charge in [-0.1, -0.05) is 12.1 Å². The van der Waals surface area contributed by atoms with Crippen molar-refractivity contribution in [1.29, 1.82) is 0 Å². The van der Waals surface area contributed by atoms with Gasteiger partial charge in [0.25, 0.3) is 5.91 Å². The molecule has 0 spiro atoms. The number of esters is 1. The summed E-state index contributed by atoms with van der Waals surface area (Å²) in [7, 11) is 1.35. The minimum atomic E-state index is -1.10. The van der Waals surface area contributed by atoms with Crippen molar-refractivity contribution in [2.45, 2.75) is 20.0 Å². The van der Waals surface area contributed by atoms with Crippen molar-refractivity contribution in [3.63, 3.8) is 0 Å². The lowest BCUT2D eigenvalue weighted by Gasteiger charge is -2.12. The SMILES string of the molecule is COc1ccc(/C=C/C(=O)O[C@@H](C)C(=O)Nc2ccc(C)c(F)c2)cc1F. The fourth-order valence-electron chi connectivity index (χ4n) is 2.13. The molecule has 0 aliphatic carbocycles. The third-order valence-electron chi connectivity index (χ3n) is 3.69. The molecular formula is C20H19F2NO4. The van der Waals surface area contributed by atoms with Crippen LogP contribution in [0.1, 0.15) is 18.1 Å². The number of anilines is 1. The van der Waals surface area contributed by atoms with Gasteiger partial charge in [0, 0.05) is 11.8 Å². The van der Waals surface area contributed by atoms with Gasteiger partial charge in [-0.2, -0.15) is 0 Å². The molecule has 1 N–H and O–H groups in total. The molecule has 0 unspecified atom stereocenters. The fraction of sp³-hybridized carbons (Fsp3) is 0.200. The number of rotatable bonds is 6. The Morgan fingerprint density at radius 1 is 1.11 bits per heavy atom. The number of halogens is 2. The number of benzene rings is 2. The normalized spacial score (nSPS) is 11.9. The molecule has 7 heteroatoms. The third kappa shape index (κ3) is 5.64. The zero-order valence-electron chi connectivity index (χ0n) is 15.1. The van der Waals surface area contributed by atoms with Crippen LogP contribution in [-0.2, 0) is 14.3 Å². The van der Waals surface area contributed by atoms with Gasteiger partial charge in [-0.05, 0) is 55.3 Å². The predicted octanol–water partition coefficient (Wildman–Crippen LogP) is 3.87. The Morgan fingerprint density at radius 2 is 1.85 bits per heavy atom. The van der Waals surface area contributed by atoms with E-state index in [1.807, 2.05) is 0 Å². The second-order valence-corrected chi connectivity index (χ2v) is 5.76. The number of hydrogen-bond acceptors (Lipinski definition) is 4. The Kier molecular flexibility index (Phi) is 6.65. The second kappa shape index (κ2) is 8.93. The van der Waals surface area contributed by atoms with Crippen molar-refractivity contribution in [2.24, 2.45) is 0 Å². The number of aryl methyl sites for hydroxylation is 1. The van der Waals surface area contributed by atoms with Crippen LogP contribution in [0.2, 0.25) is 0 Å². The summed E-state index contributed by atoms with van der Waals surface area (Å²) in [5.41, 5.74) is 1.14. The van der Waals surface area contributed by atoms with Gasteiger partial charge in [0.2, 0.25) is 0 Å². The average Bonchev–Trinajstić information content (AvgIpc) is 2.63. The van der Waals surface area contributed by atoms with Crippen LogP contribution in [0, 0.1) is 18.6 Å². The first-order valence-corrected chi connectivity index (χ1v) is 8.09. The van der Waals surface area contributed by atoms with Crippen LogP contribution < -0.4 is 10.1 Å². The number of methoxy groups -OCH3 is 1. The first-order valence-electron chi connectivity index (χ1n) is 8.09. The molecule has 5 nitrogen and oxygen atoms in total. The maximum Gasteiger partial charge on any atom is 0.331 e. The molecule has 0 bridgehead atoms. The van der Waals surface area contributed by atoms with E-state index in [1.165, 1.54) is 44.4 Å². The van der Waals surface area contributed by atoms with Gasteiger partial charge < -0.3 is 14.8 Å². The number of nitrogens with one attached hydrogen (secondary N) is 1. The van der Waals surface area contributed by atoms with Gasteiger partial charge in [-0.25, -0.2) is 13.6 Å². The van der Waals surface area contributed by atoms with Gasteiger partial charge in [0.15, 0.2) is 17.7 Å². The largest absolute Gasteiger partial charge is 0.494 e. The summed E-state index contributed by atoms with van der Waals surface area (Å²) in [6, 6.07) is 8.44. The van der Waals surface area contributed by atoms with Crippen molar-refractivity contribution in [3.8, 4) is 5.75 Å². The first-order chi connectivity index (χ1) is 12.8. The molecule has 2 aromatic rings. The molecule has 27 heavy (non-hydrogen) atoms. The molecule has 2 aromatic carbocycles.